The van der Waals surface area contributed by atoms with Gasteiger partial charge in [0, 0.05) is 6.54 Å². The highest BCUT2D eigenvalue weighted by atomic mass is 16.5. The van der Waals surface area contributed by atoms with Crippen molar-refractivity contribution in [2.75, 3.05) is 13.1 Å². The van der Waals surface area contributed by atoms with Crippen LogP contribution >= 0.6 is 0 Å². The minimum Gasteiger partial charge on any atom is -0.372 e. The summed E-state index contributed by atoms with van der Waals surface area (Å²) in [4.78, 5) is 0. The molecule has 3 rings (SSSR count). The predicted octanol–water partition coefficient (Wildman–Crippen LogP) is 4.00. The summed E-state index contributed by atoms with van der Waals surface area (Å²) in [6.45, 7) is 11.5. The highest BCUT2D eigenvalue weighted by Gasteiger charge is 2.54. The molecule has 116 valence electrons. The van der Waals surface area contributed by atoms with Crippen LogP contribution in [0.4, 0.5) is 0 Å². The Balaban J connectivity index is 1.56. The third-order valence-corrected chi connectivity index (χ3v) is 5.73. The normalized spacial score (nSPS) is 42.1. The summed E-state index contributed by atoms with van der Waals surface area (Å²) in [6.07, 6.45) is 8.76. The second-order valence-electron chi connectivity index (χ2n) is 8.93. The molecule has 1 saturated heterocycles. The van der Waals surface area contributed by atoms with Crippen LogP contribution < -0.4 is 5.32 Å². The van der Waals surface area contributed by atoms with Crippen molar-refractivity contribution in [3.05, 3.63) is 0 Å². The molecule has 0 amide bonds. The molecule has 2 aliphatic carbocycles. The molecular formula is C18H33NO. The molecule has 1 heterocycles. The van der Waals surface area contributed by atoms with Crippen LogP contribution in [0, 0.1) is 23.2 Å². The topological polar surface area (TPSA) is 21.3 Å². The average molecular weight is 279 g/mol. The summed E-state index contributed by atoms with van der Waals surface area (Å²) in [6, 6.07) is 0. The van der Waals surface area contributed by atoms with E-state index in [1.165, 1.54) is 45.1 Å². The van der Waals surface area contributed by atoms with Gasteiger partial charge in [0.25, 0.3) is 0 Å². The maximum absolute atomic E-state index is 6.29. The summed E-state index contributed by atoms with van der Waals surface area (Å²) in [7, 11) is 0. The fourth-order valence-electron chi connectivity index (χ4n) is 4.72. The summed E-state index contributed by atoms with van der Waals surface area (Å²) in [5.74, 6) is 2.88. The van der Waals surface area contributed by atoms with E-state index in [0.29, 0.717) is 11.5 Å². The van der Waals surface area contributed by atoms with E-state index in [0.717, 1.165) is 24.3 Å². The van der Waals surface area contributed by atoms with Crippen molar-refractivity contribution < 1.29 is 4.74 Å². The highest BCUT2D eigenvalue weighted by Crippen LogP contribution is 2.61. The van der Waals surface area contributed by atoms with E-state index in [1.54, 1.807) is 0 Å². The molecule has 1 aliphatic heterocycles. The van der Waals surface area contributed by atoms with Crippen molar-refractivity contribution in [1.82, 2.24) is 5.32 Å². The molecule has 0 radical (unpaired) electrons. The summed E-state index contributed by atoms with van der Waals surface area (Å²) < 4.78 is 6.29. The van der Waals surface area contributed by atoms with Crippen molar-refractivity contribution in [3.8, 4) is 0 Å². The van der Waals surface area contributed by atoms with Gasteiger partial charge in [0.2, 0.25) is 0 Å². The van der Waals surface area contributed by atoms with Crippen molar-refractivity contribution in [1.29, 1.82) is 0 Å². The Morgan fingerprint density at radius 2 is 1.90 bits per heavy atom. The molecule has 3 unspecified atom stereocenters. The molecule has 3 fully saturated rings. The zero-order valence-corrected chi connectivity index (χ0v) is 13.9. The Morgan fingerprint density at radius 3 is 2.45 bits per heavy atom. The van der Waals surface area contributed by atoms with E-state index in [1.807, 2.05) is 0 Å². The Kier molecular flexibility index (Phi) is 3.92. The van der Waals surface area contributed by atoms with Gasteiger partial charge in [-0.15, -0.1) is 0 Å². The molecule has 0 aromatic heterocycles. The minimum atomic E-state index is 0.124. The second-order valence-corrected chi connectivity index (χ2v) is 8.93. The largest absolute Gasteiger partial charge is 0.372 e. The average Bonchev–Trinajstić information content (AvgIpc) is 2.78. The van der Waals surface area contributed by atoms with Gasteiger partial charge in [-0.1, -0.05) is 13.8 Å². The highest BCUT2D eigenvalue weighted by molar-refractivity contribution is 5.05. The van der Waals surface area contributed by atoms with Crippen LogP contribution in [0.3, 0.4) is 0 Å². The fourth-order valence-corrected chi connectivity index (χ4v) is 4.72. The van der Waals surface area contributed by atoms with Crippen molar-refractivity contribution in [2.45, 2.75) is 77.9 Å². The molecule has 0 aromatic rings. The first kappa shape index (κ1) is 14.8. The van der Waals surface area contributed by atoms with E-state index in [2.05, 4.69) is 33.0 Å². The molecule has 20 heavy (non-hydrogen) atoms. The predicted molar refractivity (Wildman–Crippen MR) is 83.8 cm³/mol. The van der Waals surface area contributed by atoms with Crippen LogP contribution in [-0.4, -0.2) is 24.8 Å². The van der Waals surface area contributed by atoms with Crippen LogP contribution in [0.25, 0.3) is 0 Å². The van der Waals surface area contributed by atoms with E-state index in [-0.39, 0.29) is 5.60 Å². The Labute approximate surface area is 125 Å². The lowest BCUT2D eigenvalue weighted by Gasteiger charge is -2.34. The maximum atomic E-state index is 6.29. The molecule has 3 aliphatic rings. The first-order valence-corrected chi connectivity index (χ1v) is 8.76. The Bertz CT molecular complexity index is 339. The molecule has 2 heteroatoms. The number of hydrogen-bond acceptors (Lipinski definition) is 2. The summed E-state index contributed by atoms with van der Waals surface area (Å²) in [5.41, 5.74) is 0.673. The van der Waals surface area contributed by atoms with Crippen molar-refractivity contribution >= 4 is 0 Å². The number of fused-ring (bicyclic) bond motifs is 1. The zero-order valence-electron chi connectivity index (χ0n) is 13.9. The number of rotatable bonds is 6. The van der Waals surface area contributed by atoms with Crippen LogP contribution in [0.1, 0.15) is 66.2 Å². The molecule has 1 N–H and O–H groups in total. The monoisotopic (exact) mass is 279 g/mol. The van der Waals surface area contributed by atoms with Gasteiger partial charge in [-0.2, -0.15) is 0 Å². The standard InChI is InChI=1S/C18H33NO/c1-13(2)11-19-12-18(8-14-7-15(14)9-18)10-16-5-6-17(3,4)20-16/h13-16,19H,5-12H2,1-4H3. The number of nitrogens with one attached hydrogen (secondary N) is 1. The molecule has 0 spiro atoms. The third-order valence-electron chi connectivity index (χ3n) is 5.73. The van der Waals surface area contributed by atoms with Crippen LogP contribution in [0.2, 0.25) is 0 Å². The zero-order chi connectivity index (χ0) is 14.4. The van der Waals surface area contributed by atoms with Crippen LogP contribution in [0.5, 0.6) is 0 Å². The minimum absolute atomic E-state index is 0.124. The maximum Gasteiger partial charge on any atom is 0.0631 e. The number of hydrogen-bond donors (Lipinski definition) is 1. The molecule has 0 aromatic carbocycles. The van der Waals surface area contributed by atoms with Gasteiger partial charge in [0.15, 0.2) is 0 Å². The lowest BCUT2D eigenvalue weighted by atomic mass is 9.77. The van der Waals surface area contributed by atoms with E-state index in [9.17, 15) is 0 Å². The SMILES string of the molecule is CC(C)CNCC1(CC2CCC(C)(C)O2)CC2CC2C1. The molecular weight excluding hydrogens is 246 g/mol. The Hall–Kier alpha value is -0.0800. The molecule has 0 bridgehead atoms. The van der Waals surface area contributed by atoms with Gasteiger partial charge >= 0.3 is 0 Å². The van der Waals surface area contributed by atoms with E-state index in [4.69, 9.17) is 4.74 Å². The molecule has 2 saturated carbocycles. The van der Waals surface area contributed by atoms with Gasteiger partial charge in [-0.05, 0) is 82.1 Å². The smallest absolute Gasteiger partial charge is 0.0631 e. The Morgan fingerprint density at radius 1 is 1.20 bits per heavy atom. The van der Waals surface area contributed by atoms with Crippen molar-refractivity contribution in [2.24, 2.45) is 23.2 Å². The first-order chi connectivity index (χ1) is 9.38. The second kappa shape index (κ2) is 5.28. The number of ether oxygens (including phenoxy) is 1. The van der Waals surface area contributed by atoms with E-state index < -0.39 is 0 Å². The lowest BCUT2D eigenvalue weighted by Crippen LogP contribution is -2.38. The lowest BCUT2D eigenvalue weighted by molar-refractivity contribution is -0.0366. The van der Waals surface area contributed by atoms with Gasteiger partial charge in [-0.3, -0.25) is 0 Å². The molecule has 2 nitrogen and oxygen atoms in total. The molecule has 3 atom stereocenters. The summed E-state index contributed by atoms with van der Waals surface area (Å²) >= 11 is 0. The summed E-state index contributed by atoms with van der Waals surface area (Å²) in [5, 5.41) is 3.75. The van der Waals surface area contributed by atoms with Crippen LogP contribution in [0.15, 0.2) is 0 Å². The van der Waals surface area contributed by atoms with Gasteiger partial charge in [0.1, 0.15) is 0 Å². The van der Waals surface area contributed by atoms with Gasteiger partial charge in [0.05, 0.1) is 11.7 Å². The third kappa shape index (κ3) is 3.39. The van der Waals surface area contributed by atoms with Crippen molar-refractivity contribution in [3.63, 3.8) is 0 Å². The van der Waals surface area contributed by atoms with Crippen LogP contribution in [-0.2, 0) is 4.74 Å². The fraction of sp³-hybridized carbons (Fsp3) is 1.00. The van der Waals surface area contributed by atoms with Gasteiger partial charge < -0.3 is 10.1 Å². The quantitative estimate of drug-likeness (QED) is 0.793. The van der Waals surface area contributed by atoms with Gasteiger partial charge in [-0.25, -0.2) is 0 Å². The van der Waals surface area contributed by atoms with E-state index >= 15 is 0 Å². The first-order valence-electron chi connectivity index (χ1n) is 8.76.